The summed E-state index contributed by atoms with van der Waals surface area (Å²) >= 11 is 2.40. The Morgan fingerprint density at radius 1 is 1.00 bits per heavy atom. The number of ketones is 1. The van der Waals surface area contributed by atoms with Crippen molar-refractivity contribution in [3.05, 3.63) is 71.0 Å². The molecule has 17 nitrogen and oxygen atoms in total. The van der Waals surface area contributed by atoms with Gasteiger partial charge in [-0.2, -0.15) is 0 Å². The molecular formula is C53H85IN6O11. The van der Waals surface area contributed by atoms with Crippen LogP contribution in [0.25, 0.3) is 0 Å². The smallest absolute Gasteiger partial charge is 0.306 e. The molecule has 1 unspecified atom stereocenters. The summed E-state index contributed by atoms with van der Waals surface area (Å²) in [7, 11) is 3.82. The van der Waals surface area contributed by atoms with Crippen LogP contribution in [-0.2, 0) is 28.7 Å². The van der Waals surface area contributed by atoms with Crippen LogP contribution in [0.1, 0.15) is 115 Å². The molecule has 1 aliphatic carbocycles. The number of aliphatic hydroxyl groups is 5. The van der Waals surface area contributed by atoms with Crippen LogP contribution in [-0.4, -0.2) is 151 Å². The number of carbonyl (C=O) groups is 4. The van der Waals surface area contributed by atoms with Gasteiger partial charge in [-0.05, 0) is 65.6 Å². The third-order valence-electron chi connectivity index (χ3n) is 13.5. The highest BCUT2D eigenvalue weighted by Crippen LogP contribution is 2.40. The molecule has 2 amide bonds. The average Bonchev–Trinajstić information content (AvgIpc) is 3.65. The lowest BCUT2D eigenvalue weighted by atomic mass is 9.76. The van der Waals surface area contributed by atoms with Crippen molar-refractivity contribution in [2.75, 3.05) is 46.8 Å². The highest BCUT2D eigenvalue weighted by atomic mass is 127. The fourth-order valence-electron chi connectivity index (χ4n) is 9.03. The Morgan fingerprint density at radius 3 is 2.20 bits per heavy atom. The lowest BCUT2D eigenvalue weighted by Crippen LogP contribution is -2.51. The normalized spacial score (nSPS) is 21.5. The summed E-state index contributed by atoms with van der Waals surface area (Å²) in [5, 5.41) is 64.5. The standard InChI is InChI=1S/C53H85IN6O11/c1-15-38(22-29-70-52(11,12)69)34(5)48(71-40(62)21-17-20-39(61)55-25-28-59(13)14)37(8)46(64)36(7)45(63)31(2)18-16-19-32(3)50(67)56-44-43-42(35(6)41(47(44)65)49(66)51(9,10)68)57-53(58-43)23-26-60(27-24-53)30-33(4)54/h16,18-19,22,29,31,33-34,36-38,45-46,48,58,63-64,66,68-69H,6,15,17,20-21,23-28,30H2,1-5,7-14H3,(H,55,61)(H,56,67)/b18-16+,29-22+,32-19-,49-41-/t31-,33?,34+,36+,37+,38-,45-,46+,48+/m0/s1. The van der Waals surface area contributed by atoms with E-state index in [0.29, 0.717) is 47.7 Å². The highest BCUT2D eigenvalue weighted by Gasteiger charge is 2.48. The van der Waals surface area contributed by atoms with Crippen molar-refractivity contribution in [3.63, 3.8) is 0 Å². The third-order valence-corrected chi connectivity index (χ3v) is 13.9. The predicted molar refractivity (Wildman–Crippen MR) is 285 cm³/mol. The van der Waals surface area contributed by atoms with Crippen molar-refractivity contribution in [2.24, 2.45) is 34.6 Å². The van der Waals surface area contributed by atoms with E-state index in [-0.39, 0.29) is 59.4 Å². The molecule has 0 aromatic carbocycles. The first kappa shape index (κ1) is 61.4. The molecule has 1 fully saturated rings. The van der Waals surface area contributed by atoms with Crippen LogP contribution in [0, 0.1) is 29.6 Å². The van der Waals surface area contributed by atoms with E-state index in [9.17, 15) is 44.7 Å². The first-order valence-electron chi connectivity index (χ1n) is 25.0. The number of allylic oxidation sites excluding steroid dienone is 5. The number of hydrogen-bond donors (Lipinski definition) is 8. The zero-order valence-electron chi connectivity index (χ0n) is 44.5. The van der Waals surface area contributed by atoms with Gasteiger partial charge in [0.25, 0.3) is 5.91 Å². The molecule has 0 bridgehead atoms. The van der Waals surface area contributed by atoms with Crippen LogP contribution >= 0.6 is 22.6 Å². The number of likely N-dealkylation sites (N-methyl/N-ethyl adjacent to an activating group) is 1. The number of nitrogens with zero attached hydrogens (tertiary/aromatic N) is 3. The summed E-state index contributed by atoms with van der Waals surface area (Å²) in [4.78, 5) is 63.1. The summed E-state index contributed by atoms with van der Waals surface area (Å²) in [5.41, 5.74) is -1.88. The number of hydrogen-bond acceptors (Lipinski definition) is 15. The van der Waals surface area contributed by atoms with Crippen molar-refractivity contribution in [2.45, 2.75) is 154 Å². The molecule has 71 heavy (non-hydrogen) atoms. The first-order chi connectivity index (χ1) is 32.9. The Hall–Kier alpha value is -3.92. The summed E-state index contributed by atoms with van der Waals surface area (Å²) < 4.78 is 12.0. The zero-order chi connectivity index (χ0) is 53.8. The number of carbonyl (C=O) groups excluding carboxylic acids is 4. The Morgan fingerprint density at radius 2 is 1.63 bits per heavy atom. The van der Waals surface area contributed by atoms with Crippen LogP contribution in [0.2, 0.25) is 0 Å². The summed E-state index contributed by atoms with van der Waals surface area (Å²) in [6.07, 6.45) is 7.37. The number of fused-ring (bicyclic) bond motifs is 1. The number of Topliss-reactive ketones (excluding diaryl/α,β-unsaturated/α-hetero) is 1. The first-order valence-corrected chi connectivity index (χ1v) is 26.3. The van der Waals surface area contributed by atoms with Gasteiger partial charge in [-0.15, -0.1) is 0 Å². The van der Waals surface area contributed by atoms with Gasteiger partial charge in [0.05, 0.1) is 35.5 Å². The van der Waals surface area contributed by atoms with E-state index >= 15 is 0 Å². The van der Waals surface area contributed by atoms with Crippen molar-refractivity contribution in [3.8, 4) is 0 Å². The van der Waals surface area contributed by atoms with E-state index in [0.717, 1.165) is 19.6 Å². The van der Waals surface area contributed by atoms with E-state index in [1.807, 2.05) is 32.8 Å². The molecule has 2 heterocycles. The molecule has 0 saturated carbocycles. The van der Waals surface area contributed by atoms with Gasteiger partial charge in [-0.25, -0.2) is 0 Å². The van der Waals surface area contributed by atoms with E-state index in [1.165, 1.54) is 40.0 Å². The van der Waals surface area contributed by atoms with Crippen molar-refractivity contribution in [1.82, 2.24) is 25.8 Å². The Bertz CT molecular complexity index is 2070. The third kappa shape index (κ3) is 17.9. The second-order valence-corrected chi connectivity index (χ2v) is 23.2. The molecule has 18 heteroatoms. The second kappa shape index (κ2) is 26.9. The Balaban J connectivity index is 1.80. The fraction of sp³-hybridized carbons (Fsp3) is 0.679. The number of piperidine rings is 1. The lowest BCUT2D eigenvalue weighted by Gasteiger charge is -2.38. The largest absolute Gasteiger partial charge is 0.508 e. The molecule has 0 aromatic heterocycles. The van der Waals surface area contributed by atoms with Crippen LogP contribution in [0.15, 0.2) is 76.0 Å². The molecule has 9 atom stereocenters. The summed E-state index contributed by atoms with van der Waals surface area (Å²) in [6, 6.07) is 0. The maximum absolute atomic E-state index is 14.2. The second-order valence-electron chi connectivity index (χ2n) is 21.1. The van der Waals surface area contributed by atoms with Crippen LogP contribution in [0.5, 0.6) is 0 Å². The molecule has 0 radical (unpaired) electrons. The van der Waals surface area contributed by atoms with E-state index in [2.05, 4.69) is 56.9 Å². The number of alkyl halides is 1. The summed E-state index contributed by atoms with van der Waals surface area (Å²) in [6.45, 7) is 26.3. The molecular weight excluding hydrogens is 1020 g/mol. The van der Waals surface area contributed by atoms with Gasteiger partial charge in [0.15, 0.2) is 0 Å². The number of rotatable bonds is 26. The summed E-state index contributed by atoms with van der Waals surface area (Å²) in [5.74, 6) is -6.41. The van der Waals surface area contributed by atoms with E-state index < -0.39 is 76.5 Å². The van der Waals surface area contributed by atoms with Crippen LogP contribution in [0.4, 0.5) is 0 Å². The van der Waals surface area contributed by atoms with Crippen LogP contribution in [0.3, 0.4) is 0 Å². The van der Waals surface area contributed by atoms with E-state index in [1.54, 1.807) is 45.9 Å². The number of halogens is 1. The van der Waals surface area contributed by atoms with Crippen LogP contribution < -0.4 is 16.0 Å². The molecule has 3 aliphatic rings. The zero-order valence-corrected chi connectivity index (χ0v) is 46.6. The average molecular weight is 1110 g/mol. The Kier molecular flexibility index (Phi) is 23.2. The van der Waals surface area contributed by atoms with Gasteiger partial charge in [0, 0.05) is 105 Å². The molecule has 8 N–H and O–H groups in total. The number of aliphatic imine (C=N–C) groups is 1. The van der Waals surface area contributed by atoms with Gasteiger partial charge in [-0.1, -0.05) is 88.9 Å². The molecule has 400 valence electrons. The van der Waals surface area contributed by atoms with Gasteiger partial charge >= 0.3 is 5.97 Å². The van der Waals surface area contributed by atoms with Crippen molar-refractivity contribution >= 4 is 51.9 Å². The molecule has 2 aliphatic heterocycles. The highest BCUT2D eigenvalue weighted by molar-refractivity contribution is 14.1. The number of nitrogens with one attached hydrogen (secondary N) is 3. The minimum absolute atomic E-state index is 0.00850. The quantitative estimate of drug-likeness (QED) is 0.0101. The SMILES string of the molecule is C=C1C2=NC3(CCN(CC(C)I)CC3)NC2=C(NC(=O)/C(C)=C\C=C\[C@H](C)[C@H](O)[C@@H](C)[C@@H](O)[C@@H](C)[C@H](OC(=O)CCCC(=O)NCCN(C)C)[C@H](C)[C@H](/C=C/OC(C)(C)O)CC)C(=O)/C1=C(\O)C(C)(C)O. The van der Waals surface area contributed by atoms with Gasteiger partial charge in [0.1, 0.15) is 28.8 Å². The fourth-order valence-corrected chi connectivity index (χ4v) is 9.58. The number of esters is 1. The monoisotopic (exact) mass is 1110 g/mol. The van der Waals surface area contributed by atoms with Gasteiger partial charge in [0.2, 0.25) is 17.5 Å². The topological polar surface area (TPSA) is 243 Å². The van der Waals surface area contributed by atoms with Crippen molar-refractivity contribution in [1.29, 1.82) is 0 Å². The maximum atomic E-state index is 14.2. The number of aliphatic hydroxyl groups excluding tert-OH is 3. The molecule has 3 rings (SSSR count). The molecule has 1 spiro atoms. The maximum Gasteiger partial charge on any atom is 0.306 e. The number of amides is 2. The Labute approximate surface area is 436 Å². The lowest BCUT2D eigenvalue weighted by molar-refractivity contribution is -0.161. The molecule has 1 saturated heterocycles. The van der Waals surface area contributed by atoms with Gasteiger partial charge < -0.3 is 60.8 Å². The van der Waals surface area contributed by atoms with Gasteiger partial charge in [-0.3, -0.25) is 24.2 Å². The minimum Gasteiger partial charge on any atom is -0.508 e. The molecule has 0 aromatic rings. The predicted octanol–water partition coefficient (Wildman–Crippen LogP) is 5.51. The number of ether oxygens (including phenoxy) is 2. The van der Waals surface area contributed by atoms with E-state index in [4.69, 9.17) is 14.5 Å². The number of likely N-dealkylation sites (tertiary alicyclic amines) is 1. The minimum atomic E-state index is -1.79. The van der Waals surface area contributed by atoms with Crippen molar-refractivity contribution < 1.29 is 54.2 Å².